The highest BCUT2D eigenvalue weighted by molar-refractivity contribution is 6.20. The standard InChI is InChI=1S/C46H31NO/c1-4-13-32(14-5-1)33-23-25-34(26-24-33)35-27-29-36(30-28-35)44-40-20-11-10-15-37(40)31-42-41-21-12-22-43(45(41)48-46(42)44)47(38-16-6-2-7-17-38)39-18-8-3-9-19-39/h1-31H. The van der Waals surface area contributed by atoms with Gasteiger partial charge in [-0.25, -0.2) is 0 Å². The zero-order valence-electron chi connectivity index (χ0n) is 26.3. The summed E-state index contributed by atoms with van der Waals surface area (Å²) in [6, 6.07) is 66.6. The molecule has 0 aliphatic heterocycles. The van der Waals surface area contributed by atoms with Crippen molar-refractivity contribution in [2.24, 2.45) is 0 Å². The molecule has 0 atom stereocenters. The molecule has 0 aliphatic rings. The second-order valence-corrected chi connectivity index (χ2v) is 12.1. The van der Waals surface area contributed by atoms with Crippen molar-refractivity contribution >= 4 is 49.8 Å². The first-order valence-electron chi connectivity index (χ1n) is 16.4. The molecule has 0 amide bonds. The molecule has 0 aliphatic carbocycles. The average molecular weight is 614 g/mol. The molecule has 0 bridgehead atoms. The fourth-order valence-electron chi connectivity index (χ4n) is 6.94. The maximum atomic E-state index is 7.03. The van der Waals surface area contributed by atoms with E-state index in [0.29, 0.717) is 0 Å². The molecule has 2 nitrogen and oxygen atoms in total. The number of nitrogens with zero attached hydrogens (tertiary/aromatic N) is 1. The molecule has 48 heavy (non-hydrogen) atoms. The van der Waals surface area contributed by atoms with Crippen LogP contribution in [0.15, 0.2) is 192 Å². The van der Waals surface area contributed by atoms with E-state index in [2.05, 4.69) is 193 Å². The zero-order valence-corrected chi connectivity index (χ0v) is 26.3. The number of hydrogen-bond donors (Lipinski definition) is 0. The van der Waals surface area contributed by atoms with Gasteiger partial charge in [-0.05, 0) is 75.0 Å². The molecule has 0 unspecified atom stereocenters. The molecule has 0 fully saturated rings. The molecule has 0 saturated heterocycles. The quantitative estimate of drug-likeness (QED) is 0.185. The summed E-state index contributed by atoms with van der Waals surface area (Å²) in [5.74, 6) is 0. The summed E-state index contributed by atoms with van der Waals surface area (Å²) in [7, 11) is 0. The number of rotatable bonds is 6. The minimum atomic E-state index is 0.867. The Morgan fingerprint density at radius 3 is 1.42 bits per heavy atom. The van der Waals surface area contributed by atoms with Crippen LogP contribution in [0.3, 0.4) is 0 Å². The SMILES string of the molecule is c1ccc(-c2ccc(-c3ccc(-c4c5ccccc5cc5c4oc4c(N(c6ccccc6)c6ccccc6)cccc45)cc3)cc2)cc1. The molecule has 2 heteroatoms. The molecule has 8 aromatic carbocycles. The van der Waals surface area contributed by atoms with E-state index >= 15 is 0 Å². The normalized spacial score (nSPS) is 11.3. The first-order valence-corrected chi connectivity index (χ1v) is 16.4. The predicted octanol–water partition coefficient (Wildman–Crippen LogP) is 13.2. The summed E-state index contributed by atoms with van der Waals surface area (Å²) in [6.07, 6.45) is 0. The molecule has 0 radical (unpaired) electrons. The van der Waals surface area contributed by atoms with Gasteiger partial charge in [-0.15, -0.1) is 0 Å². The Labute approximate surface area is 279 Å². The second-order valence-electron chi connectivity index (χ2n) is 12.1. The highest BCUT2D eigenvalue weighted by atomic mass is 16.3. The van der Waals surface area contributed by atoms with Crippen LogP contribution in [0.2, 0.25) is 0 Å². The van der Waals surface area contributed by atoms with E-state index in [1.165, 1.54) is 33.0 Å². The van der Waals surface area contributed by atoms with Crippen LogP contribution in [0.5, 0.6) is 0 Å². The average Bonchev–Trinajstić information content (AvgIpc) is 3.54. The third-order valence-electron chi connectivity index (χ3n) is 9.26. The van der Waals surface area contributed by atoms with E-state index in [-0.39, 0.29) is 0 Å². The molecule has 9 aromatic rings. The van der Waals surface area contributed by atoms with Crippen molar-refractivity contribution in [2.75, 3.05) is 4.90 Å². The zero-order chi connectivity index (χ0) is 31.9. The van der Waals surface area contributed by atoms with Crippen molar-refractivity contribution in [2.45, 2.75) is 0 Å². The molecule has 1 heterocycles. The topological polar surface area (TPSA) is 16.4 Å². The lowest BCUT2D eigenvalue weighted by atomic mass is 9.93. The maximum Gasteiger partial charge on any atom is 0.159 e. The largest absolute Gasteiger partial charge is 0.453 e. The number of hydrogen-bond acceptors (Lipinski definition) is 2. The second kappa shape index (κ2) is 11.8. The van der Waals surface area contributed by atoms with Gasteiger partial charge in [0.05, 0.1) is 5.69 Å². The Morgan fingerprint density at radius 1 is 0.333 bits per heavy atom. The van der Waals surface area contributed by atoms with Gasteiger partial charge in [-0.2, -0.15) is 0 Å². The summed E-state index contributed by atoms with van der Waals surface area (Å²) in [5, 5.41) is 4.58. The van der Waals surface area contributed by atoms with Gasteiger partial charge < -0.3 is 9.32 Å². The van der Waals surface area contributed by atoms with Gasteiger partial charge in [0, 0.05) is 27.7 Å². The Bertz CT molecular complexity index is 2480. The highest BCUT2D eigenvalue weighted by Gasteiger charge is 2.22. The lowest BCUT2D eigenvalue weighted by Crippen LogP contribution is -2.09. The molecular weight excluding hydrogens is 583 g/mol. The first-order chi connectivity index (χ1) is 23.8. The highest BCUT2D eigenvalue weighted by Crippen LogP contribution is 2.46. The third kappa shape index (κ3) is 4.83. The van der Waals surface area contributed by atoms with Crippen LogP contribution in [0.1, 0.15) is 0 Å². The third-order valence-corrected chi connectivity index (χ3v) is 9.26. The summed E-state index contributed by atoms with van der Waals surface area (Å²) < 4.78 is 7.03. The van der Waals surface area contributed by atoms with E-state index in [9.17, 15) is 0 Å². The van der Waals surface area contributed by atoms with E-state index in [4.69, 9.17) is 4.42 Å². The monoisotopic (exact) mass is 613 g/mol. The van der Waals surface area contributed by atoms with Crippen molar-refractivity contribution < 1.29 is 4.42 Å². The minimum absolute atomic E-state index is 0.867. The van der Waals surface area contributed by atoms with Gasteiger partial charge in [-0.1, -0.05) is 152 Å². The molecular formula is C46H31NO. The summed E-state index contributed by atoms with van der Waals surface area (Å²) >= 11 is 0. The van der Waals surface area contributed by atoms with E-state index in [0.717, 1.165) is 50.1 Å². The van der Waals surface area contributed by atoms with Crippen molar-refractivity contribution in [3.05, 3.63) is 188 Å². The number of benzene rings is 8. The molecule has 0 spiro atoms. The fourth-order valence-corrected chi connectivity index (χ4v) is 6.94. The van der Waals surface area contributed by atoms with Gasteiger partial charge in [0.25, 0.3) is 0 Å². The van der Waals surface area contributed by atoms with Gasteiger partial charge in [0.2, 0.25) is 0 Å². The fraction of sp³-hybridized carbons (Fsp3) is 0. The van der Waals surface area contributed by atoms with Crippen LogP contribution in [-0.2, 0) is 0 Å². The van der Waals surface area contributed by atoms with E-state index in [1.54, 1.807) is 0 Å². The summed E-state index contributed by atoms with van der Waals surface area (Å²) in [5.41, 5.74) is 12.0. The number of anilines is 3. The van der Waals surface area contributed by atoms with Crippen LogP contribution >= 0.6 is 0 Å². The Balaban J connectivity index is 1.20. The minimum Gasteiger partial charge on any atom is -0.453 e. The molecule has 1 aromatic heterocycles. The lowest BCUT2D eigenvalue weighted by molar-refractivity contribution is 0.670. The number of furan rings is 1. The Kier molecular flexibility index (Phi) is 6.84. The van der Waals surface area contributed by atoms with Crippen molar-refractivity contribution in [3.63, 3.8) is 0 Å². The molecule has 9 rings (SSSR count). The smallest absolute Gasteiger partial charge is 0.159 e. The molecule has 0 N–H and O–H groups in total. The van der Waals surface area contributed by atoms with E-state index in [1.807, 2.05) is 0 Å². The van der Waals surface area contributed by atoms with Crippen molar-refractivity contribution in [3.8, 4) is 33.4 Å². The number of para-hydroxylation sites is 3. The van der Waals surface area contributed by atoms with Crippen LogP contribution in [0.4, 0.5) is 17.1 Å². The van der Waals surface area contributed by atoms with Crippen LogP contribution in [0, 0.1) is 0 Å². The van der Waals surface area contributed by atoms with Crippen LogP contribution < -0.4 is 4.90 Å². The number of fused-ring (bicyclic) bond motifs is 4. The van der Waals surface area contributed by atoms with Crippen LogP contribution in [-0.4, -0.2) is 0 Å². The Morgan fingerprint density at radius 2 is 0.812 bits per heavy atom. The van der Waals surface area contributed by atoms with Crippen molar-refractivity contribution in [1.82, 2.24) is 0 Å². The van der Waals surface area contributed by atoms with Crippen molar-refractivity contribution in [1.29, 1.82) is 0 Å². The maximum absolute atomic E-state index is 7.03. The lowest BCUT2D eigenvalue weighted by Gasteiger charge is -2.25. The Hall–Kier alpha value is -6.38. The van der Waals surface area contributed by atoms with E-state index < -0.39 is 0 Å². The summed E-state index contributed by atoms with van der Waals surface area (Å²) in [4.78, 5) is 2.28. The van der Waals surface area contributed by atoms with Gasteiger partial charge >= 0.3 is 0 Å². The molecule has 0 saturated carbocycles. The van der Waals surface area contributed by atoms with Gasteiger partial charge in [-0.3, -0.25) is 0 Å². The van der Waals surface area contributed by atoms with Gasteiger partial charge in [0.15, 0.2) is 5.58 Å². The van der Waals surface area contributed by atoms with Gasteiger partial charge in [0.1, 0.15) is 5.58 Å². The predicted molar refractivity (Wildman–Crippen MR) is 202 cm³/mol. The molecule has 226 valence electrons. The van der Waals surface area contributed by atoms with Crippen LogP contribution in [0.25, 0.3) is 66.1 Å². The first kappa shape index (κ1) is 27.9. The summed E-state index contributed by atoms with van der Waals surface area (Å²) in [6.45, 7) is 0.